The summed E-state index contributed by atoms with van der Waals surface area (Å²) in [6, 6.07) is 0. The highest BCUT2D eigenvalue weighted by atomic mass is 79.9. The molecule has 9 heteroatoms. The van der Waals surface area contributed by atoms with E-state index in [1.165, 1.54) is 6.20 Å². The molecule has 0 amide bonds. The summed E-state index contributed by atoms with van der Waals surface area (Å²) < 4.78 is 66.5. The molecule has 0 aliphatic heterocycles. The molecule has 0 spiro atoms. The number of rotatable bonds is 3. The number of nitrogens with zero attached hydrogens (tertiary/aromatic N) is 3. The van der Waals surface area contributed by atoms with Crippen molar-refractivity contribution < 1.29 is 22.0 Å². The third-order valence-corrected chi connectivity index (χ3v) is 2.92. The van der Waals surface area contributed by atoms with Crippen LogP contribution in [0.15, 0.2) is 6.20 Å². The average molecular weight is 342 g/mol. The minimum absolute atomic E-state index is 0.351. The van der Waals surface area contributed by atoms with E-state index in [-0.39, 0.29) is 0 Å². The van der Waals surface area contributed by atoms with Crippen molar-refractivity contribution in [3.63, 3.8) is 0 Å². The Bertz CT molecular complexity index is 599. The molecule has 102 valence electrons. The molecule has 0 N–H and O–H groups in total. The first-order valence-electron chi connectivity index (χ1n) is 4.91. The molecule has 0 atom stereocenters. The normalized spacial score (nSPS) is 11.1. The summed E-state index contributed by atoms with van der Waals surface area (Å²) in [5.74, 6) is -9.87. The van der Waals surface area contributed by atoms with Crippen LogP contribution in [0.25, 0.3) is 0 Å². The maximum atomic E-state index is 13.4. The van der Waals surface area contributed by atoms with E-state index in [0.717, 1.165) is 4.68 Å². The Morgan fingerprint density at radius 1 is 0.947 bits per heavy atom. The Hall–Kier alpha value is -1.51. The average Bonchev–Trinajstić information content (AvgIpc) is 2.87. The summed E-state index contributed by atoms with van der Waals surface area (Å²) in [7, 11) is 0. The van der Waals surface area contributed by atoms with Crippen molar-refractivity contribution in [1.29, 1.82) is 0 Å². The van der Waals surface area contributed by atoms with Crippen molar-refractivity contribution in [2.75, 3.05) is 0 Å². The van der Waals surface area contributed by atoms with Gasteiger partial charge in [-0.15, -0.1) is 5.10 Å². The van der Waals surface area contributed by atoms with Crippen LogP contribution in [0, 0.1) is 29.1 Å². The molecule has 0 aliphatic rings. The molecule has 19 heavy (non-hydrogen) atoms. The van der Waals surface area contributed by atoms with Crippen LogP contribution >= 0.6 is 15.9 Å². The first kappa shape index (κ1) is 13.9. The summed E-state index contributed by atoms with van der Waals surface area (Å²) in [6.45, 7) is -0.605. The van der Waals surface area contributed by atoms with Gasteiger partial charge in [0.1, 0.15) is 0 Å². The molecule has 0 saturated carbocycles. The second-order valence-corrected chi connectivity index (χ2v) is 4.15. The maximum Gasteiger partial charge on any atom is 0.200 e. The molecule has 2 rings (SSSR count). The summed E-state index contributed by atoms with van der Waals surface area (Å²) in [5, 5.41) is 7.47. The number of hydrogen-bond donors (Lipinski definition) is 0. The Morgan fingerprint density at radius 3 is 1.95 bits per heavy atom. The Labute approximate surface area is 112 Å². The van der Waals surface area contributed by atoms with Gasteiger partial charge >= 0.3 is 0 Å². The van der Waals surface area contributed by atoms with E-state index in [9.17, 15) is 22.0 Å². The first-order chi connectivity index (χ1) is 8.95. The van der Waals surface area contributed by atoms with Crippen molar-refractivity contribution in [2.24, 2.45) is 0 Å². The SMILES string of the molecule is Fc1c(F)c(F)c(Cn2cc(CBr)nn2)c(F)c1F. The molecule has 2 aromatic rings. The molecule has 1 aromatic heterocycles. The van der Waals surface area contributed by atoms with Crippen LogP contribution < -0.4 is 0 Å². The molecule has 0 saturated heterocycles. The molecule has 1 aromatic carbocycles. The summed E-state index contributed by atoms with van der Waals surface area (Å²) in [6.07, 6.45) is 1.33. The third-order valence-electron chi connectivity index (χ3n) is 2.34. The second-order valence-electron chi connectivity index (χ2n) is 3.59. The molecule has 0 aliphatic carbocycles. The van der Waals surface area contributed by atoms with Crippen molar-refractivity contribution in [2.45, 2.75) is 11.9 Å². The number of benzene rings is 1. The lowest BCUT2D eigenvalue weighted by Gasteiger charge is -2.07. The van der Waals surface area contributed by atoms with Crippen LogP contribution in [0.5, 0.6) is 0 Å². The fraction of sp³-hybridized carbons (Fsp3) is 0.200. The predicted octanol–water partition coefficient (Wildman–Crippen LogP) is 2.92. The fourth-order valence-corrected chi connectivity index (χ4v) is 1.69. The van der Waals surface area contributed by atoms with Crippen molar-refractivity contribution in [3.05, 3.63) is 46.5 Å². The van der Waals surface area contributed by atoms with E-state index in [1.54, 1.807) is 0 Å². The van der Waals surface area contributed by atoms with E-state index < -0.39 is 41.2 Å². The van der Waals surface area contributed by atoms with Gasteiger partial charge < -0.3 is 0 Å². The summed E-state index contributed by atoms with van der Waals surface area (Å²) in [5.41, 5.74) is -0.494. The Morgan fingerprint density at radius 2 is 1.47 bits per heavy atom. The minimum atomic E-state index is -2.18. The van der Waals surface area contributed by atoms with Gasteiger partial charge in [0.2, 0.25) is 5.82 Å². The van der Waals surface area contributed by atoms with Gasteiger partial charge in [-0.05, 0) is 0 Å². The lowest BCUT2D eigenvalue weighted by Crippen LogP contribution is -2.11. The molecular formula is C10H5BrF5N3. The minimum Gasteiger partial charge on any atom is -0.248 e. The predicted molar refractivity (Wildman–Crippen MR) is 58.0 cm³/mol. The van der Waals surface area contributed by atoms with Gasteiger partial charge in [0.25, 0.3) is 0 Å². The fourth-order valence-electron chi connectivity index (χ4n) is 1.43. The number of aromatic nitrogens is 3. The molecule has 1 heterocycles. The topological polar surface area (TPSA) is 30.7 Å². The Kier molecular flexibility index (Phi) is 3.83. The highest BCUT2D eigenvalue weighted by Gasteiger charge is 2.25. The lowest BCUT2D eigenvalue weighted by atomic mass is 10.1. The zero-order chi connectivity index (χ0) is 14.2. The second kappa shape index (κ2) is 5.24. The van der Waals surface area contributed by atoms with E-state index in [4.69, 9.17) is 0 Å². The number of hydrogen-bond acceptors (Lipinski definition) is 2. The molecule has 0 unspecified atom stereocenters. The molecule has 0 radical (unpaired) electrons. The van der Waals surface area contributed by atoms with Crippen LogP contribution in [0.4, 0.5) is 22.0 Å². The van der Waals surface area contributed by atoms with Crippen LogP contribution in [-0.2, 0) is 11.9 Å². The zero-order valence-corrected chi connectivity index (χ0v) is 10.7. The molecule has 0 fully saturated rings. The van der Waals surface area contributed by atoms with Gasteiger partial charge in [-0.2, -0.15) is 0 Å². The van der Waals surface area contributed by atoms with E-state index in [1.807, 2.05) is 0 Å². The highest BCUT2D eigenvalue weighted by molar-refractivity contribution is 9.08. The molecular weight excluding hydrogens is 337 g/mol. The monoisotopic (exact) mass is 341 g/mol. The van der Waals surface area contributed by atoms with Gasteiger partial charge in [0, 0.05) is 11.5 Å². The van der Waals surface area contributed by atoms with Crippen molar-refractivity contribution >= 4 is 15.9 Å². The lowest BCUT2D eigenvalue weighted by molar-refractivity contribution is 0.366. The Balaban J connectivity index is 2.45. The van der Waals surface area contributed by atoms with Crippen LogP contribution in [0.3, 0.4) is 0 Å². The van der Waals surface area contributed by atoms with Crippen molar-refractivity contribution in [1.82, 2.24) is 15.0 Å². The first-order valence-corrected chi connectivity index (χ1v) is 6.03. The third kappa shape index (κ3) is 2.46. The number of alkyl halides is 1. The highest BCUT2D eigenvalue weighted by Crippen LogP contribution is 2.23. The van der Waals surface area contributed by atoms with Crippen LogP contribution in [0.2, 0.25) is 0 Å². The van der Waals surface area contributed by atoms with Gasteiger partial charge in [-0.25, -0.2) is 26.6 Å². The molecule has 3 nitrogen and oxygen atoms in total. The van der Waals surface area contributed by atoms with Gasteiger partial charge in [-0.3, -0.25) is 0 Å². The van der Waals surface area contributed by atoms with E-state index in [2.05, 4.69) is 26.2 Å². The van der Waals surface area contributed by atoms with Crippen molar-refractivity contribution in [3.8, 4) is 0 Å². The summed E-state index contributed by atoms with van der Waals surface area (Å²) in [4.78, 5) is 0. The smallest absolute Gasteiger partial charge is 0.200 e. The quantitative estimate of drug-likeness (QED) is 0.372. The van der Waals surface area contributed by atoms with Gasteiger partial charge in [0.15, 0.2) is 23.3 Å². The van der Waals surface area contributed by atoms with E-state index >= 15 is 0 Å². The van der Waals surface area contributed by atoms with Crippen LogP contribution in [0.1, 0.15) is 11.3 Å². The molecule has 0 bridgehead atoms. The van der Waals surface area contributed by atoms with Gasteiger partial charge in [0.05, 0.1) is 17.8 Å². The van der Waals surface area contributed by atoms with Crippen LogP contribution in [-0.4, -0.2) is 15.0 Å². The maximum absolute atomic E-state index is 13.4. The summed E-state index contributed by atoms with van der Waals surface area (Å²) >= 11 is 3.08. The van der Waals surface area contributed by atoms with E-state index in [0.29, 0.717) is 11.0 Å². The standard InChI is InChI=1S/C10H5BrF5N3/c11-1-4-2-19(18-17-4)3-5-6(12)8(14)10(16)9(15)7(5)13/h2H,1,3H2. The largest absolute Gasteiger partial charge is 0.248 e. The van der Waals surface area contributed by atoms with Gasteiger partial charge in [-0.1, -0.05) is 21.1 Å². The number of halogens is 6. The zero-order valence-electron chi connectivity index (χ0n) is 9.10.